The SMILES string of the molecule is CCCN(CC(=O)Nc1cc(Cl)ccc1Cl)C(=O)C1CCC(N)C1. The largest absolute Gasteiger partial charge is 0.333 e. The summed E-state index contributed by atoms with van der Waals surface area (Å²) in [6.45, 7) is 2.52. The maximum atomic E-state index is 12.6. The lowest BCUT2D eigenvalue weighted by molar-refractivity contribution is -0.138. The standard InChI is InChI=1S/C17H23Cl2N3O2/c1-2-7-22(17(24)11-3-5-13(20)8-11)10-16(23)21-15-9-12(18)4-6-14(15)19/h4,6,9,11,13H,2-3,5,7-8,10,20H2,1H3,(H,21,23). The van der Waals surface area contributed by atoms with Crippen molar-refractivity contribution >= 4 is 40.7 Å². The average molecular weight is 372 g/mol. The summed E-state index contributed by atoms with van der Waals surface area (Å²) in [5.41, 5.74) is 6.34. The molecular formula is C17H23Cl2N3O2. The molecule has 132 valence electrons. The van der Waals surface area contributed by atoms with Gasteiger partial charge in [0.2, 0.25) is 11.8 Å². The van der Waals surface area contributed by atoms with Crippen LogP contribution in [0, 0.1) is 5.92 Å². The zero-order valence-electron chi connectivity index (χ0n) is 13.7. The third kappa shape index (κ3) is 5.10. The number of benzene rings is 1. The molecule has 0 bridgehead atoms. The Morgan fingerprint density at radius 1 is 1.33 bits per heavy atom. The van der Waals surface area contributed by atoms with Gasteiger partial charge in [0.15, 0.2) is 0 Å². The van der Waals surface area contributed by atoms with E-state index in [2.05, 4.69) is 5.32 Å². The molecule has 2 rings (SSSR count). The number of nitrogens with two attached hydrogens (primary N) is 1. The van der Waals surface area contributed by atoms with E-state index in [0.29, 0.717) is 28.7 Å². The van der Waals surface area contributed by atoms with Crippen LogP contribution in [-0.2, 0) is 9.59 Å². The predicted octanol–water partition coefficient (Wildman–Crippen LogP) is 3.30. The minimum Gasteiger partial charge on any atom is -0.333 e. The molecule has 0 aromatic heterocycles. The Kier molecular flexibility index (Phi) is 6.90. The summed E-state index contributed by atoms with van der Waals surface area (Å²) in [6, 6.07) is 4.94. The number of rotatable bonds is 6. The van der Waals surface area contributed by atoms with Crippen LogP contribution in [0.25, 0.3) is 0 Å². The van der Waals surface area contributed by atoms with Gasteiger partial charge in [-0.1, -0.05) is 30.1 Å². The van der Waals surface area contributed by atoms with Crippen molar-refractivity contribution in [2.24, 2.45) is 11.7 Å². The molecule has 0 radical (unpaired) electrons. The zero-order chi connectivity index (χ0) is 17.7. The number of halogens is 2. The van der Waals surface area contributed by atoms with Crippen LogP contribution in [0.4, 0.5) is 5.69 Å². The van der Waals surface area contributed by atoms with Crippen molar-refractivity contribution in [2.75, 3.05) is 18.4 Å². The van der Waals surface area contributed by atoms with E-state index in [1.807, 2.05) is 6.92 Å². The number of carbonyl (C=O) groups is 2. The summed E-state index contributed by atoms with van der Waals surface area (Å²) in [5.74, 6) is -0.352. The van der Waals surface area contributed by atoms with Crippen molar-refractivity contribution in [1.29, 1.82) is 0 Å². The predicted molar refractivity (Wildman–Crippen MR) is 97.3 cm³/mol. The van der Waals surface area contributed by atoms with Crippen molar-refractivity contribution in [3.63, 3.8) is 0 Å². The Morgan fingerprint density at radius 2 is 2.08 bits per heavy atom. The summed E-state index contributed by atoms with van der Waals surface area (Å²) in [5, 5.41) is 3.61. The molecule has 0 heterocycles. The van der Waals surface area contributed by atoms with Gasteiger partial charge in [-0.3, -0.25) is 9.59 Å². The second kappa shape index (κ2) is 8.70. The monoisotopic (exact) mass is 371 g/mol. The van der Waals surface area contributed by atoms with Gasteiger partial charge in [-0.2, -0.15) is 0 Å². The highest BCUT2D eigenvalue weighted by Crippen LogP contribution is 2.27. The Hall–Kier alpha value is -1.30. The molecule has 5 nitrogen and oxygen atoms in total. The highest BCUT2D eigenvalue weighted by atomic mass is 35.5. The van der Waals surface area contributed by atoms with E-state index in [4.69, 9.17) is 28.9 Å². The van der Waals surface area contributed by atoms with Crippen molar-refractivity contribution < 1.29 is 9.59 Å². The molecular weight excluding hydrogens is 349 g/mol. The van der Waals surface area contributed by atoms with Crippen LogP contribution in [0.1, 0.15) is 32.6 Å². The van der Waals surface area contributed by atoms with E-state index < -0.39 is 0 Å². The number of anilines is 1. The quantitative estimate of drug-likeness (QED) is 0.805. The summed E-state index contributed by atoms with van der Waals surface area (Å²) in [6.07, 6.45) is 3.14. The summed E-state index contributed by atoms with van der Waals surface area (Å²) >= 11 is 12.0. The average Bonchev–Trinajstić information content (AvgIpc) is 2.96. The number of carbonyl (C=O) groups excluding carboxylic acids is 2. The number of amides is 2. The Morgan fingerprint density at radius 3 is 2.71 bits per heavy atom. The molecule has 1 aliphatic rings. The number of hydrogen-bond donors (Lipinski definition) is 2. The van der Waals surface area contributed by atoms with Gasteiger partial charge in [-0.25, -0.2) is 0 Å². The van der Waals surface area contributed by atoms with E-state index >= 15 is 0 Å². The van der Waals surface area contributed by atoms with Gasteiger partial charge in [0, 0.05) is 23.5 Å². The highest BCUT2D eigenvalue weighted by molar-refractivity contribution is 6.35. The molecule has 2 unspecified atom stereocenters. The summed E-state index contributed by atoms with van der Waals surface area (Å²) < 4.78 is 0. The molecule has 0 spiro atoms. The second-order valence-electron chi connectivity index (χ2n) is 6.20. The third-order valence-electron chi connectivity index (χ3n) is 4.16. The lowest BCUT2D eigenvalue weighted by Crippen LogP contribution is -2.41. The van der Waals surface area contributed by atoms with Crippen LogP contribution in [0.5, 0.6) is 0 Å². The number of nitrogens with one attached hydrogen (secondary N) is 1. The van der Waals surface area contributed by atoms with E-state index in [1.54, 1.807) is 23.1 Å². The van der Waals surface area contributed by atoms with E-state index in [9.17, 15) is 9.59 Å². The van der Waals surface area contributed by atoms with Crippen LogP contribution >= 0.6 is 23.2 Å². The van der Waals surface area contributed by atoms with Crippen molar-refractivity contribution in [3.8, 4) is 0 Å². The first kappa shape index (κ1) is 19.0. The maximum Gasteiger partial charge on any atom is 0.244 e. The fraction of sp³-hybridized carbons (Fsp3) is 0.529. The van der Waals surface area contributed by atoms with Crippen molar-refractivity contribution in [1.82, 2.24) is 4.90 Å². The molecule has 0 aliphatic heterocycles. The number of nitrogens with zero attached hydrogens (tertiary/aromatic N) is 1. The lowest BCUT2D eigenvalue weighted by atomic mass is 10.1. The zero-order valence-corrected chi connectivity index (χ0v) is 15.2. The van der Waals surface area contributed by atoms with Gasteiger partial charge in [-0.05, 0) is 43.9 Å². The molecule has 7 heteroatoms. The third-order valence-corrected chi connectivity index (χ3v) is 4.73. The van der Waals surface area contributed by atoms with Gasteiger partial charge >= 0.3 is 0 Å². The first-order chi connectivity index (χ1) is 11.4. The fourth-order valence-electron chi connectivity index (χ4n) is 2.99. The smallest absolute Gasteiger partial charge is 0.244 e. The van der Waals surface area contributed by atoms with Gasteiger partial charge < -0.3 is 16.0 Å². The Bertz CT molecular complexity index is 609. The highest BCUT2D eigenvalue weighted by Gasteiger charge is 2.31. The van der Waals surface area contributed by atoms with Gasteiger partial charge in [0.1, 0.15) is 0 Å². The molecule has 24 heavy (non-hydrogen) atoms. The van der Waals surface area contributed by atoms with Gasteiger partial charge in [0.05, 0.1) is 17.3 Å². The van der Waals surface area contributed by atoms with Gasteiger partial charge in [-0.15, -0.1) is 0 Å². The van der Waals surface area contributed by atoms with Crippen LogP contribution in [0.15, 0.2) is 18.2 Å². The number of hydrogen-bond acceptors (Lipinski definition) is 3. The molecule has 1 saturated carbocycles. The van der Waals surface area contributed by atoms with Crippen LogP contribution < -0.4 is 11.1 Å². The molecule has 2 amide bonds. The molecule has 3 N–H and O–H groups in total. The van der Waals surface area contributed by atoms with Gasteiger partial charge in [0.25, 0.3) is 0 Å². The van der Waals surface area contributed by atoms with E-state index in [-0.39, 0.29) is 30.3 Å². The van der Waals surface area contributed by atoms with Crippen molar-refractivity contribution in [3.05, 3.63) is 28.2 Å². The molecule has 1 aromatic rings. The molecule has 1 aromatic carbocycles. The molecule has 1 fully saturated rings. The first-order valence-corrected chi connectivity index (χ1v) is 8.95. The van der Waals surface area contributed by atoms with E-state index in [1.165, 1.54) is 0 Å². The Balaban J connectivity index is 2.00. The van der Waals surface area contributed by atoms with Crippen LogP contribution in [0.2, 0.25) is 10.0 Å². The Labute approximate surface area is 152 Å². The van der Waals surface area contributed by atoms with Crippen LogP contribution in [0.3, 0.4) is 0 Å². The molecule has 0 saturated heterocycles. The van der Waals surface area contributed by atoms with Crippen molar-refractivity contribution in [2.45, 2.75) is 38.6 Å². The minimum atomic E-state index is -0.289. The van der Waals surface area contributed by atoms with Crippen LogP contribution in [-0.4, -0.2) is 35.8 Å². The topological polar surface area (TPSA) is 75.4 Å². The molecule has 2 atom stereocenters. The maximum absolute atomic E-state index is 12.6. The summed E-state index contributed by atoms with van der Waals surface area (Å²) in [4.78, 5) is 26.6. The lowest BCUT2D eigenvalue weighted by Gasteiger charge is -2.25. The van der Waals surface area contributed by atoms with E-state index in [0.717, 1.165) is 19.3 Å². The fourth-order valence-corrected chi connectivity index (χ4v) is 3.33. The molecule has 1 aliphatic carbocycles. The summed E-state index contributed by atoms with van der Waals surface area (Å²) in [7, 11) is 0. The normalized spacial score (nSPS) is 20.0. The first-order valence-electron chi connectivity index (χ1n) is 8.20. The second-order valence-corrected chi connectivity index (χ2v) is 7.05. The minimum absolute atomic E-state index is 0.00124.